The molecule has 27 heavy (non-hydrogen) atoms. The molecule has 5 N–H and O–H groups in total. The van der Waals surface area contributed by atoms with Crippen molar-refractivity contribution in [2.45, 2.75) is 60.0 Å². The number of hydrogen-bond donors (Lipinski definition) is 3. The molecule has 0 bridgehead atoms. The number of nitrogen functional groups attached to an aromatic ring is 1. The molecule has 2 rings (SSSR count). The van der Waals surface area contributed by atoms with Crippen LogP contribution in [0.4, 0.5) is 5.69 Å². The summed E-state index contributed by atoms with van der Waals surface area (Å²) in [6, 6.07) is 12.1. The van der Waals surface area contributed by atoms with Gasteiger partial charge in [0, 0.05) is 23.6 Å². The third-order valence-electron chi connectivity index (χ3n) is 3.92. The van der Waals surface area contributed by atoms with Gasteiger partial charge in [0.1, 0.15) is 0 Å². The number of benzene rings is 1. The van der Waals surface area contributed by atoms with Crippen LogP contribution < -0.4 is 16.8 Å². The third kappa shape index (κ3) is 10.6. The molecule has 0 aliphatic heterocycles. The van der Waals surface area contributed by atoms with Gasteiger partial charge < -0.3 is 21.4 Å². The zero-order chi connectivity index (χ0) is 21.1. The summed E-state index contributed by atoms with van der Waals surface area (Å²) >= 11 is 0. The van der Waals surface area contributed by atoms with E-state index in [-0.39, 0.29) is 0 Å². The van der Waals surface area contributed by atoms with Crippen LogP contribution in [0.3, 0.4) is 0 Å². The van der Waals surface area contributed by atoms with Gasteiger partial charge in [-0.3, -0.25) is 0 Å². The van der Waals surface area contributed by atoms with E-state index in [0.717, 1.165) is 12.1 Å². The molecule has 1 aromatic carbocycles. The lowest BCUT2D eigenvalue weighted by molar-refractivity contribution is 0.405. The van der Waals surface area contributed by atoms with Gasteiger partial charge in [-0.15, -0.1) is 0 Å². The molecule has 2 aromatic rings. The van der Waals surface area contributed by atoms with Crippen LogP contribution in [-0.4, -0.2) is 18.7 Å². The van der Waals surface area contributed by atoms with E-state index in [1.54, 1.807) is 0 Å². The van der Waals surface area contributed by atoms with Crippen LogP contribution in [-0.2, 0) is 0 Å². The fraction of sp³-hybridized carbons (Fsp3) is 0.478. The van der Waals surface area contributed by atoms with Gasteiger partial charge in [-0.2, -0.15) is 0 Å². The second-order valence-corrected chi connectivity index (χ2v) is 5.48. The number of para-hydroxylation sites is 1. The molecule has 1 unspecified atom stereocenters. The van der Waals surface area contributed by atoms with Crippen molar-refractivity contribution >= 4 is 11.3 Å². The molecule has 4 nitrogen and oxygen atoms in total. The highest BCUT2D eigenvalue weighted by molar-refractivity contribution is 5.74. The van der Waals surface area contributed by atoms with E-state index in [9.17, 15) is 0 Å². The number of rotatable bonds is 6. The molecular weight excluding hydrogens is 332 g/mol. The Hall–Kier alpha value is -2.04. The summed E-state index contributed by atoms with van der Waals surface area (Å²) in [4.78, 5) is 0. The zero-order valence-electron chi connectivity index (χ0n) is 18.5. The number of nitrogens with zero attached hydrogens (tertiary/aromatic N) is 1. The molecular formula is C23H42N4. The van der Waals surface area contributed by atoms with Gasteiger partial charge in [0.05, 0.1) is 6.17 Å². The second kappa shape index (κ2) is 18.7. The van der Waals surface area contributed by atoms with Crippen molar-refractivity contribution in [3.05, 3.63) is 60.4 Å². The quantitative estimate of drug-likeness (QED) is 0.569. The van der Waals surface area contributed by atoms with Crippen molar-refractivity contribution in [1.29, 1.82) is 0 Å². The summed E-state index contributed by atoms with van der Waals surface area (Å²) < 4.78 is 2.20. The molecule has 4 heteroatoms. The highest BCUT2D eigenvalue weighted by atomic mass is 15.1. The summed E-state index contributed by atoms with van der Waals surface area (Å²) in [5.74, 6) is 0. The Morgan fingerprint density at radius 1 is 1.07 bits per heavy atom. The maximum absolute atomic E-state index is 5.83. The highest BCUT2D eigenvalue weighted by Crippen LogP contribution is 2.23. The van der Waals surface area contributed by atoms with Crippen LogP contribution in [0.5, 0.6) is 0 Å². The summed E-state index contributed by atoms with van der Waals surface area (Å²) in [5.41, 5.74) is 13.7. The Labute approximate surface area is 167 Å². The number of anilines is 1. The summed E-state index contributed by atoms with van der Waals surface area (Å²) in [5, 5.41) is 3.27. The lowest BCUT2D eigenvalue weighted by Crippen LogP contribution is -2.21. The number of aromatic nitrogens is 1. The maximum atomic E-state index is 5.83. The van der Waals surface area contributed by atoms with Gasteiger partial charge in [0.2, 0.25) is 0 Å². The topological polar surface area (TPSA) is 69.0 Å². The van der Waals surface area contributed by atoms with Crippen molar-refractivity contribution in [1.82, 2.24) is 9.88 Å². The van der Waals surface area contributed by atoms with E-state index in [1.165, 1.54) is 31.0 Å². The third-order valence-corrected chi connectivity index (χ3v) is 3.92. The monoisotopic (exact) mass is 374 g/mol. The van der Waals surface area contributed by atoms with Gasteiger partial charge >= 0.3 is 0 Å². The largest absolute Gasteiger partial charge is 0.398 e. The van der Waals surface area contributed by atoms with Crippen molar-refractivity contribution in [2.24, 2.45) is 5.73 Å². The first-order valence-corrected chi connectivity index (χ1v) is 10.0. The lowest BCUT2D eigenvalue weighted by atomic mass is 10.0. The van der Waals surface area contributed by atoms with Crippen molar-refractivity contribution in [3.63, 3.8) is 0 Å². The van der Waals surface area contributed by atoms with Gasteiger partial charge in [0.25, 0.3) is 0 Å². The second-order valence-electron chi connectivity index (χ2n) is 5.48. The maximum Gasteiger partial charge on any atom is 0.0830 e. The highest BCUT2D eigenvalue weighted by Gasteiger charge is 2.03. The number of nitrogens with one attached hydrogen (secondary N) is 1. The van der Waals surface area contributed by atoms with E-state index in [4.69, 9.17) is 5.73 Å². The normalized spacial score (nSPS) is 11.0. The van der Waals surface area contributed by atoms with Gasteiger partial charge in [-0.1, -0.05) is 58.4 Å². The fourth-order valence-electron chi connectivity index (χ4n) is 2.61. The van der Waals surface area contributed by atoms with Crippen LogP contribution in [0, 0.1) is 0 Å². The average molecular weight is 375 g/mol. The Morgan fingerprint density at radius 2 is 1.63 bits per heavy atom. The predicted molar refractivity (Wildman–Crippen MR) is 124 cm³/mol. The molecule has 0 fully saturated rings. The van der Waals surface area contributed by atoms with Crippen molar-refractivity contribution < 1.29 is 0 Å². The van der Waals surface area contributed by atoms with Gasteiger partial charge in [-0.25, -0.2) is 0 Å². The first kappa shape index (κ1) is 27.2. The van der Waals surface area contributed by atoms with E-state index < -0.39 is 0 Å². The number of allylic oxidation sites excluding steroid dienone is 2. The molecule has 0 spiro atoms. The number of hydrogen-bond acceptors (Lipinski definition) is 3. The molecule has 0 aliphatic rings. The molecule has 154 valence electrons. The van der Waals surface area contributed by atoms with Crippen molar-refractivity contribution in [3.8, 4) is 0 Å². The molecule has 1 aromatic heterocycles. The van der Waals surface area contributed by atoms with Crippen molar-refractivity contribution in [2.75, 3.05) is 19.8 Å². The van der Waals surface area contributed by atoms with E-state index in [2.05, 4.69) is 66.1 Å². The summed E-state index contributed by atoms with van der Waals surface area (Å²) in [6.45, 7) is 10.4. The standard InChI is InChI=1S/C11H15N.C9H16N2.C2H6.CH5N/c1-3-9(4-2)10-7-5-6-8-11(10)12;1-3-6-9(10-2)11-7-4-5-8-11;2*1-2/h3,5-8H,4,12H2,1-2H3;4-5,7-10H,3,6H2,1-2H3;1-2H3;2H2,1H3/b9-3+;;;. The molecule has 0 amide bonds. The average Bonchev–Trinajstić information content (AvgIpc) is 3.26. The zero-order valence-corrected chi connectivity index (χ0v) is 18.5. The SMILES string of the molecule is C/C=C(\CC)c1ccccc1N.CC.CCCC(NC)n1cccc1.CN. The first-order chi connectivity index (χ1) is 13.2. The van der Waals surface area contributed by atoms with Crippen LogP contribution in [0.1, 0.15) is 65.6 Å². The molecule has 0 saturated carbocycles. The van der Waals surface area contributed by atoms with Crippen LogP contribution in [0.25, 0.3) is 5.57 Å². The minimum Gasteiger partial charge on any atom is -0.398 e. The van der Waals surface area contributed by atoms with Crippen LogP contribution in [0.15, 0.2) is 54.9 Å². The Bertz CT molecular complexity index is 574. The Balaban J connectivity index is 0. The minimum absolute atomic E-state index is 0.468. The summed E-state index contributed by atoms with van der Waals surface area (Å²) in [6.07, 6.45) is 10.2. The van der Waals surface area contributed by atoms with Gasteiger partial charge in [-0.05, 0) is 57.6 Å². The van der Waals surface area contributed by atoms with Crippen LogP contribution in [0.2, 0.25) is 0 Å². The van der Waals surface area contributed by atoms with E-state index >= 15 is 0 Å². The smallest absolute Gasteiger partial charge is 0.0830 e. The predicted octanol–water partition coefficient (Wildman–Crippen LogP) is 5.69. The van der Waals surface area contributed by atoms with E-state index in [0.29, 0.717) is 6.17 Å². The summed E-state index contributed by atoms with van der Waals surface area (Å²) in [7, 11) is 3.50. The Kier molecular flexibility index (Phi) is 18.9. The first-order valence-electron chi connectivity index (χ1n) is 10.0. The molecule has 0 saturated heterocycles. The molecule has 1 heterocycles. The van der Waals surface area contributed by atoms with Gasteiger partial charge in [0.15, 0.2) is 0 Å². The number of nitrogens with two attached hydrogens (primary N) is 2. The fourth-order valence-corrected chi connectivity index (χ4v) is 2.61. The Morgan fingerprint density at radius 3 is 2.04 bits per heavy atom. The van der Waals surface area contributed by atoms with E-state index in [1.807, 2.05) is 46.0 Å². The molecule has 0 radical (unpaired) electrons. The lowest BCUT2D eigenvalue weighted by Gasteiger charge is -2.16. The molecule has 1 atom stereocenters. The molecule has 0 aliphatic carbocycles. The minimum atomic E-state index is 0.468. The van der Waals surface area contributed by atoms with Crippen LogP contribution >= 0.6 is 0 Å².